The van der Waals surface area contributed by atoms with Crippen molar-refractivity contribution in [3.05, 3.63) is 295 Å². The fraction of sp³-hybridized carbons (Fsp3) is 0.349. The van der Waals surface area contributed by atoms with Crippen molar-refractivity contribution in [2.75, 3.05) is 16.0 Å². The molecule has 2 aliphatic carbocycles. The number of aryl methyl sites for hydroxylation is 10. The molecule has 5 atom stereocenters. The molecule has 7 N–H and O–H groups in total. The maximum Gasteiger partial charge on any atom is 0.133 e. The molecule has 5 aromatic carbocycles. The lowest BCUT2D eigenvalue weighted by atomic mass is 10.1. The van der Waals surface area contributed by atoms with Gasteiger partial charge in [-0.15, -0.1) is 0 Å². The van der Waals surface area contributed by atoms with E-state index in [0.717, 1.165) is 111 Å². The predicted molar refractivity (Wildman–Crippen MR) is 527 cm³/mol. The summed E-state index contributed by atoms with van der Waals surface area (Å²) in [5.74, 6) is 7.96. The highest BCUT2D eigenvalue weighted by molar-refractivity contribution is 9.11. The minimum absolute atomic E-state index is 0. The van der Waals surface area contributed by atoms with Gasteiger partial charge in [-0.1, -0.05) is 176 Å². The Morgan fingerprint density at radius 1 is 0.383 bits per heavy atom. The molecule has 0 radical (unpaired) electrons. The van der Waals surface area contributed by atoms with Gasteiger partial charge in [0.1, 0.15) is 56.9 Å². The first-order chi connectivity index (χ1) is 50.9. The molecule has 1 aliphatic heterocycles. The normalized spacial score (nSPS) is 12.7. The lowest BCUT2D eigenvalue weighted by Gasteiger charge is -2.16. The fourth-order valence-electron chi connectivity index (χ4n) is 10.7. The van der Waals surface area contributed by atoms with E-state index in [2.05, 4.69) is 226 Å². The van der Waals surface area contributed by atoms with E-state index in [9.17, 15) is 0 Å². The average molecular weight is 1960 g/mol. The number of imidazole rings is 1. The van der Waals surface area contributed by atoms with Gasteiger partial charge in [0.2, 0.25) is 0 Å². The monoisotopic (exact) mass is 1950 g/mol. The molecule has 14 rings (SSSR count). The number of hydrogen-bond acceptors (Lipinski definition) is 17. The molecular formula is C86H120Br4Cl2N18S5. The summed E-state index contributed by atoms with van der Waals surface area (Å²) < 4.78 is 6.47. The summed E-state index contributed by atoms with van der Waals surface area (Å²) in [5.41, 5.74) is 25.8. The number of aromatic nitrogens is 12. The van der Waals surface area contributed by atoms with Crippen molar-refractivity contribution in [3.63, 3.8) is 0 Å². The van der Waals surface area contributed by atoms with Gasteiger partial charge < -0.3 is 32.0 Å². The summed E-state index contributed by atoms with van der Waals surface area (Å²) >= 11 is 24.8. The summed E-state index contributed by atoms with van der Waals surface area (Å²) in [6.07, 6.45) is 14.7. The number of nitrogens with zero attached hydrogens (tertiary/aromatic N) is 13. The standard InChI is InChI=1S/C20H23N5.2C14H16BrN3.2C8H10BrN.C7H9N.2C6H7ClN2.3CH4.5H2S/c1-13-10-20(24-15(3)22-13)23-14(2)16-6-8-18(9-7-16)25-11-19(21-12-25)17-4-5-17;2*1-9-8-14(18-11(3)16-9)17-10(2)12-4-6-13(15)7-5-12;2*1-6(10)7-2-4-8(9)5-3-7;1-2-7(8-5-1)6-3-4-6;2*1-4-3-6(7)9-5(2)8-4;;;;;;;;/h6-12,14,17H,4-5H2,1-3H3,(H,22,23,24);2*4-8,10H,1-3H3,(H,16,17,18);2*2-6H,10H2,1H3;2,5-6H,1,3-4H2;2*3H,1-2H3;3*1H4;5*1H2/t14-;2*10-;2*6-;;;;;;;;;;;/m00000.........../s1. The number of halogens is 6. The van der Waals surface area contributed by atoms with Crippen molar-refractivity contribution >= 4 is 178 Å². The summed E-state index contributed by atoms with van der Waals surface area (Å²) in [4.78, 5) is 50.7. The van der Waals surface area contributed by atoms with Crippen LogP contribution in [0.25, 0.3) is 5.69 Å². The van der Waals surface area contributed by atoms with E-state index in [1.165, 1.54) is 64.9 Å². The van der Waals surface area contributed by atoms with Crippen LogP contribution in [0.4, 0.5) is 17.5 Å². The van der Waals surface area contributed by atoms with E-state index in [1.807, 2.05) is 187 Å². The highest BCUT2D eigenvalue weighted by Crippen LogP contribution is 2.40. The van der Waals surface area contributed by atoms with Crippen molar-refractivity contribution in [3.8, 4) is 5.69 Å². The third-order valence-electron chi connectivity index (χ3n) is 16.4. The molecule has 0 saturated heterocycles. The van der Waals surface area contributed by atoms with Crippen molar-refractivity contribution < 1.29 is 0 Å². The smallest absolute Gasteiger partial charge is 0.133 e. The van der Waals surface area contributed by atoms with E-state index < -0.39 is 0 Å². The van der Waals surface area contributed by atoms with Crippen LogP contribution < -0.4 is 27.4 Å². The fourth-order valence-corrected chi connectivity index (χ4v) is 12.3. The SMILES string of the molecule is C.C.C.C1=NC(C2CC2)=CC1.C[C@H](N)c1ccc(Br)cc1.C[C@H](N)c1ccc(Br)cc1.Cc1cc(Cl)nc(C)n1.Cc1cc(Cl)nc(C)n1.Cc1cc(N[C@@H](C)c2ccc(-n3cnc(C4CC4)c3)cc2)nc(C)n1.Cc1cc(N[C@@H](C)c2ccc(Br)cc2)nc(C)n1.Cc1cc(N[C@@H](C)c2ccc(Br)cc2)nc(C)n1.S.S.S.S.S. The van der Waals surface area contributed by atoms with E-state index >= 15 is 0 Å². The third kappa shape index (κ3) is 41.8. The minimum atomic E-state index is 0. The number of nitrogens with one attached hydrogen (secondary N) is 3. The summed E-state index contributed by atoms with van der Waals surface area (Å²) in [5, 5.41) is 11.3. The Labute approximate surface area is 763 Å². The van der Waals surface area contributed by atoms with Crippen LogP contribution in [0.5, 0.6) is 0 Å². The van der Waals surface area contributed by atoms with Gasteiger partial charge in [0.15, 0.2) is 0 Å². The van der Waals surface area contributed by atoms with E-state index in [0.29, 0.717) is 16.2 Å². The van der Waals surface area contributed by atoms with E-state index in [1.54, 1.807) is 12.1 Å². The van der Waals surface area contributed by atoms with E-state index in [4.69, 9.17) is 34.7 Å². The maximum atomic E-state index is 5.65. The van der Waals surface area contributed by atoms with Crippen LogP contribution in [0, 0.1) is 75.2 Å². The Hall–Kier alpha value is -6.31. The molecular weight excluding hydrogens is 1840 g/mol. The zero-order valence-electron chi connectivity index (χ0n) is 66.1. The van der Waals surface area contributed by atoms with Gasteiger partial charge in [0, 0.05) is 137 Å². The summed E-state index contributed by atoms with van der Waals surface area (Å²) in [6.45, 7) is 29.4. The molecule has 0 unspecified atom stereocenters. The van der Waals surface area contributed by atoms with E-state index in [-0.39, 0.29) is 120 Å². The number of benzene rings is 5. The van der Waals surface area contributed by atoms with Crippen molar-refractivity contribution in [2.45, 2.75) is 194 Å². The molecule has 0 bridgehead atoms. The minimum Gasteiger partial charge on any atom is -0.363 e. The van der Waals surface area contributed by atoms with Crippen LogP contribution in [0.15, 0.2) is 199 Å². The Morgan fingerprint density at radius 2 is 0.661 bits per heavy atom. The second kappa shape index (κ2) is 56.2. The molecule has 0 amide bonds. The van der Waals surface area contributed by atoms with Gasteiger partial charge in [-0.3, -0.25) is 4.99 Å². The van der Waals surface area contributed by atoms with Gasteiger partial charge in [-0.25, -0.2) is 54.8 Å². The van der Waals surface area contributed by atoms with Crippen LogP contribution in [-0.4, -0.2) is 65.6 Å². The van der Waals surface area contributed by atoms with Gasteiger partial charge >= 0.3 is 0 Å². The van der Waals surface area contributed by atoms with Crippen LogP contribution >= 0.6 is 154 Å². The highest BCUT2D eigenvalue weighted by Gasteiger charge is 2.27. The topological polar surface area (TPSA) is 247 Å². The molecule has 6 aromatic heterocycles. The Bertz CT molecular complexity index is 4300. The second-order valence-corrected chi connectivity index (χ2v) is 30.9. The molecule has 3 aliphatic rings. The van der Waals surface area contributed by atoms with Crippen LogP contribution in [0.3, 0.4) is 0 Å². The average Bonchev–Trinajstić information content (AvgIpc) is 1.62. The lowest BCUT2D eigenvalue weighted by Crippen LogP contribution is -2.09. The number of hydrogen-bond donors (Lipinski definition) is 5. The van der Waals surface area contributed by atoms with Crippen molar-refractivity contribution in [1.82, 2.24) is 59.4 Å². The third-order valence-corrected chi connectivity index (χ3v) is 18.9. The zero-order valence-corrected chi connectivity index (χ0v) is 78.9. The molecule has 18 nitrogen and oxygen atoms in total. The molecule has 115 heavy (non-hydrogen) atoms. The van der Waals surface area contributed by atoms with Gasteiger partial charge in [0.25, 0.3) is 0 Å². The lowest BCUT2D eigenvalue weighted by molar-refractivity contribution is 0.818. The van der Waals surface area contributed by atoms with Crippen LogP contribution in [-0.2, 0) is 0 Å². The molecule has 2 saturated carbocycles. The largest absolute Gasteiger partial charge is 0.363 e. The number of rotatable bonds is 14. The second-order valence-electron chi connectivity index (χ2n) is 26.5. The number of nitrogens with two attached hydrogens (primary N) is 2. The summed E-state index contributed by atoms with van der Waals surface area (Å²) in [7, 11) is 0. The first-order valence-electron chi connectivity index (χ1n) is 35.5. The Kier molecular flexibility index (Phi) is 54.1. The Balaban J connectivity index is 0. The number of allylic oxidation sites excluding steroid dienone is 2. The van der Waals surface area contributed by atoms with Gasteiger partial charge in [-0.05, 0) is 230 Å². The molecule has 11 aromatic rings. The molecule has 0 spiro atoms. The first kappa shape index (κ1) is 111. The molecule has 2 fully saturated rings. The number of anilines is 3. The zero-order chi connectivity index (χ0) is 77.9. The van der Waals surface area contributed by atoms with Gasteiger partial charge in [0.05, 0.1) is 12.0 Å². The van der Waals surface area contributed by atoms with Crippen LogP contribution in [0.1, 0.15) is 216 Å². The van der Waals surface area contributed by atoms with Gasteiger partial charge in [-0.2, -0.15) is 67.5 Å². The molecule has 626 valence electrons. The molecule has 7 heterocycles. The molecule has 29 heteroatoms. The Morgan fingerprint density at radius 3 is 0.913 bits per heavy atom. The summed E-state index contributed by atoms with van der Waals surface area (Å²) in [6, 6.07) is 51.5. The van der Waals surface area contributed by atoms with Crippen LogP contribution in [0.2, 0.25) is 10.3 Å². The first-order valence-corrected chi connectivity index (χ1v) is 39.4. The van der Waals surface area contributed by atoms with Crippen molar-refractivity contribution in [2.24, 2.45) is 22.4 Å². The van der Waals surface area contributed by atoms with Crippen molar-refractivity contribution in [1.29, 1.82) is 0 Å². The maximum absolute atomic E-state index is 5.65. The highest BCUT2D eigenvalue weighted by atomic mass is 79.9. The predicted octanol–water partition coefficient (Wildman–Crippen LogP) is 25.0. The number of aliphatic imine (C=N–C) groups is 1. The quantitative estimate of drug-likeness (QED) is 0.0635.